The van der Waals surface area contributed by atoms with Crippen molar-refractivity contribution in [2.75, 3.05) is 50.5 Å². The molecule has 5 rings (SSSR count). The molecule has 1 aliphatic heterocycles. The van der Waals surface area contributed by atoms with Crippen molar-refractivity contribution < 1.29 is 4.74 Å². The highest BCUT2D eigenvalue weighted by atomic mass is 16.5. The number of rotatable bonds is 5. The first-order valence-corrected chi connectivity index (χ1v) is 10.9. The fourth-order valence-corrected chi connectivity index (χ4v) is 4.17. The molecule has 0 aliphatic carbocycles. The van der Waals surface area contributed by atoms with E-state index >= 15 is 0 Å². The summed E-state index contributed by atoms with van der Waals surface area (Å²) in [5.74, 6) is 0.974. The van der Waals surface area contributed by atoms with Crippen molar-refractivity contribution in [3.05, 3.63) is 55.0 Å². The van der Waals surface area contributed by atoms with Gasteiger partial charge < -0.3 is 20.3 Å². The average molecular weight is 430 g/mol. The summed E-state index contributed by atoms with van der Waals surface area (Å²) in [4.78, 5) is 18.2. The SMILES string of the molecule is CCOc1cc(-c2c(-c3ccc(N4CCN(C)CC4)cc3)nc(N)c3nccn23)ccn1. The molecule has 1 fully saturated rings. The third-order valence-electron chi connectivity index (χ3n) is 5.88. The lowest BCUT2D eigenvalue weighted by molar-refractivity contribution is 0.313. The molecule has 0 bridgehead atoms. The van der Waals surface area contributed by atoms with Gasteiger partial charge in [0.05, 0.1) is 18.0 Å². The third-order valence-corrected chi connectivity index (χ3v) is 5.88. The van der Waals surface area contributed by atoms with Crippen LogP contribution in [0.2, 0.25) is 0 Å². The number of hydrogen-bond donors (Lipinski definition) is 1. The Bertz CT molecular complexity index is 1230. The lowest BCUT2D eigenvalue weighted by Crippen LogP contribution is -2.44. The van der Waals surface area contributed by atoms with Gasteiger partial charge in [0.1, 0.15) is 0 Å². The van der Waals surface area contributed by atoms with Crippen molar-refractivity contribution in [2.45, 2.75) is 6.92 Å². The first kappa shape index (κ1) is 20.3. The Morgan fingerprint density at radius 3 is 2.50 bits per heavy atom. The van der Waals surface area contributed by atoms with Crippen LogP contribution in [-0.4, -0.2) is 64.1 Å². The minimum absolute atomic E-state index is 0.399. The number of ether oxygens (including phenoxy) is 1. The molecule has 0 radical (unpaired) electrons. The first-order valence-electron chi connectivity index (χ1n) is 10.9. The van der Waals surface area contributed by atoms with E-state index in [0.29, 0.717) is 24.0 Å². The van der Waals surface area contributed by atoms with Crippen LogP contribution in [0.25, 0.3) is 28.2 Å². The molecule has 1 aromatic carbocycles. The number of imidazole rings is 1. The van der Waals surface area contributed by atoms with E-state index in [1.165, 1.54) is 5.69 Å². The molecule has 164 valence electrons. The Morgan fingerprint density at radius 2 is 1.75 bits per heavy atom. The molecular formula is C24H27N7O. The molecule has 0 amide bonds. The quantitative estimate of drug-likeness (QED) is 0.521. The van der Waals surface area contributed by atoms with E-state index in [1.807, 2.05) is 29.7 Å². The van der Waals surface area contributed by atoms with Crippen LogP contribution in [0.3, 0.4) is 0 Å². The lowest BCUT2D eigenvalue weighted by Gasteiger charge is -2.34. The predicted molar refractivity (Wildman–Crippen MR) is 127 cm³/mol. The molecule has 8 nitrogen and oxygen atoms in total. The molecule has 8 heteroatoms. The number of aromatic nitrogens is 4. The second-order valence-electron chi connectivity index (χ2n) is 7.97. The van der Waals surface area contributed by atoms with Crippen molar-refractivity contribution >= 4 is 17.2 Å². The summed E-state index contributed by atoms with van der Waals surface area (Å²) in [7, 11) is 2.17. The third kappa shape index (κ3) is 3.73. The van der Waals surface area contributed by atoms with Crippen molar-refractivity contribution in [1.29, 1.82) is 0 Å². The van der Waals surface area contributed by atoms with E-state index in [1.54, 1.807) is 12.4 Å². The van der Waals surface area contributed by atoms with Crippen LogP contribution in [0.1, 0.15) is 6.92 Å². The first-order chi connectivity index (χ1) is 15.6. The summed E-state index contributed by atoms with van der Waals surface area (Å²) in [6, 6.07) is 12.4. The lowest BCUT2D eigenvalue weighted by atomic mass is 10.0. The highest BCUT2D eigenvalue weighted by Gasteiger charge is 2.19. The van der Waals surface area contributed by atoms with Crippen LogP contribution >= 0.6 is 0 Å². The number of nitrogen functional groups attached to an aromatic ring is 1. The number of hydrogen-bond acceptors (Lipinski definition) is 7. The highest BCUT2D eigenvalue weighted by molar-refractivity contribution is 5.83. The van der Waals surface area contributed by atoms with E-state index in [9.17, 15) is 0 Å². The van der Waals surface area contributed by atoms with Gasteiger partial charge in [0, 0.05) is 67.7 Å². The maximum atomic E-state index is 6.28. The molecule has 3 aromatic heterocycles. The highest BCUT2D eigenvalue weighted by Crippen LogP contribution is 2.34. The largest absolute Gasteiger partial charge is 0.478 e. The summed E-state index contributed by atoms with van der Waals surface area (Å²) >= 11 is 0. The molecule has 32 heavy (non-hydrogen) atoms. The standard InChI is InChI=1S/C24H27N7O/c1-3-32-20-16-18(8-9-26-20)22-21(28-23(25)24-27-10-11-31(22)24)17-4-6-19(7-5-17)30-14-12-29(2)13-15-30/h4-11,16H,3,12-15H2,1-2H3,(H2,25,28). The van der Waals surface area contributed by atoms with Gasteiger partial charge >= 0.3 is 0 Å². The minimum Gasteiger partial charge on any atom is -0.478 e. The van der Waals surface area contributed by atoms with Crippen molar-refractivity contribution in [3.8, 4) is 28.4 Å². The number of fused-ring (bicyclic) bond motifs is 1. The topological polar surface area (TPSA) is 84.8 Å². The summed E-state index contributed by atoms with van der Waals surface area (Å²) in [6.07, 6.45) is 5.40. The summed E-state index contributed by atoms with van der Waals surface area (Å²) < 4.78 is 7.61. The fraction of sp³-hybridized carbons (Fsp3) is 0.292. The molecule has 4 aromatic rings. The Balaban J connectivity index is 1.60. The number of anilines is 2. The zero-order valence-corrected chi connectivity index (χ0v) is 18.4. The van der Waals surface area contributed by atoms with Gasteiger partial charge in [-0.15, -0.1) is 0 Å². The van der Waals surface area contributed by atoms with E-state index in [2.05, 4.69) is 51.1 Å². The molecule has 1 saturated heterocycles. The number of nitrogens with zero attached hydrogens (tertiary/aromatic N) is 6. The van der Waals surface area contributed by atoms with Crippen molar-refractivity contribution in [3.63, 3.8) is 0 Å². The number of benzene rings is 1. The molecular weight excluding hydrogens is 402 g/mol. The van der Waals surface area contributed by atoms with Gasteiger partial charge in [-0.3, -0.25) is 4.40 Å². The number of likely N-dealkylation sites (N-methyl/N-ethyl adjacent to an activating group) is 1. The van der Waals surface area contributed by atoms with Crippen molar-refractivity contribution in [1.82, 2.24) is 24.3 Å². The van der Waals surface area contributed by atoms with Gasteiger partial charge in [-0.05, 0) is 32.2 Å². The van der Waals surface area contributed by atoms with E-state index < -0.39 is 0 Å². The van der Waals surface area contributed by atoms with Crippen molar-refractivity contribution in [2.24, 2.45) is 0 Å². The second-order valence-corrected chi connectivity index (χ2v) is 7.97. The Labute approximate surface area is 187 Å². The zero-order chi connectivity index (χ0) is 22.1. The number of pyridine rings is 1. The van der Waals surface area contributed by atoms with Gasteiger partial charge in [-0.25, -0.2) is 15.0 Å². The summed E-state index contributed by atoms with van der Waals surface area (Å²) in [5, 5.41) is 0. The molecule has 1 aliphatic rings. The fourth-order valence-electron chi connectivity index (χ4n) is 4.17. The van der Waals surface area contributed by atoms with E-state index in [4.69, 9.17) is 15.5 Å². The molecule has 0 atom stereocenters. The monoisotopic (exact) mass is 429 g/mol. The van der Waals surface area contributed by atoms with E-state index in [-0.39, 0.29) is 0 Å². The van der Waals surface area contributed by atoms with Crippen LogP contribution in [0, 0.1) is 0 Å². The molecule has 0 spiro atoms. The van der Waals surface area contributed by atoms with Gasteiger partial charge in [0.2, 0.25) is 5.88 Å². The number of piperazine rings is 1. The van der Waals surface area contributed by atoms with Gasteiger partial charge in [0.15, 0.2) is 11.5 Å². The van der Waals surface area contributed by atoms with Crippen LogP contribution in [0.4, 0.5) is 11.5 Å². The predicted octanol–water partition coefficient (Wildman–Crippen LogP) is 3.19. The summed E-state index contributed by atoms with van der Waals surface area (Å²) in [5.41, 5.74) is 11.8. The Hall–Kier alpha value is -3.65. The molecule has 0 unspecified atom stereocenters. The molecule has 2 N–H and O–H groups in total. The van der Waals surface area contributed by atoms with Gasteiger partial charge in [-0.2, -0.15) is 0 Å². The molecule has 4 heterocycles. The smallest absolute Gasteiger partial charge is 0.213 e. The number of nitrogens with two attached hydrogens (primary N) is 1. The zero-order valence-electron chi connectivity index (χ0n) is 18.4. The van der Waals surface area contributed by atoms with Crippen LogP contribution < -0.4 is 15.4 Å². The van der Waals surface area contributed by atoms with Crippen LogP contribution in [-0.2, 0) is 0 Å². The average Bonchev–Trinajstić information content (AvgIpc) is 3.31. The normalized spacial score (nSPS) is 14.8. The summed E-state index contributed by atoms with van der Waals surface area (Å²) in [6.45, 7) is 6.71. The maximum Gasteiger partial charge on any atom is 0.213 e. The second kappa shape index (κ2) is 8.47. The van der Waals surface area contributed by atoms with E-state index in [0.717, 1.165) is 48.7 Å². The van der Waals surface area contributed by atoms with Crippen LogP contribution in [0.5, 0.6) is 5.88 Å². The van der Waals surface area contributed by atoms with Gasteiger partial charge in [0.25, 0.3) is 0 Å². The molecule has 0 saturated carbocycles. The minimum atomic E-state index is 0.399. The maximum absolute atomic E-state index is 6.28. The Morgan fingerprint density at radius 1 is 0.969 bits per heavy atom. The Kier molecular flexibility index (Phi) is 5.36. The van der Waals surface area contributed by atoms with Crippen LogP contribution in [0.15, 0.2) is 55.0 Å². The van der Waals surface area contributed by atoms with Gasteiger partial charge in [-0.1, -0.05) is 12.1 Å².